The number of rotatable bonds is 6. The Morgan fingerprint density at radius 2 is 2.17 bits per heavy atom. The van der Waals surface area contributed by atoms with Gasteiger partial charge in [-0.1, -0.05) is 0 Å². The minimum absolute atomic E-state index is 0.139. The maximum absolute atomic E-state index is 6.14. The van der Waals surface area contributed by atoms with Crippen LogP contribution in [0.2, 0.25) is 0 Å². The number of nitrogens with zero attached hydrogens (tertiary/aromatic N) is 2. The van der Waals surface area contributed by atoms with E-state index in [1.165, 1.54) is 19.3 Å². The second-order valence-electron chi connectivity index (χ2n) is 6.30. The molecule has 0 aromatic heterocycles. The van der Waals surface area contributed by atoms with E-state index >= 15 is 0 Å². The molecule has 1 aliphatic heterocycles. The van der Waals surface area contributed by atoms with E-state index in [9.17, 15) is 0 Å². The van der Waals surface area contributed by atoms with Crippen molar-refractivity contribution in [3.05, 3.63) is 0 Å². The number of likely N-dealkylation sites (tertiary alicyclic amines) is 1. The van der Waals surface area contributed by atoms with Crippen molar-refractivity contribution in [1.29, 1.82) is 0 Å². The van der Waals surface area contributed by atoms with Crippen LogP contribution in [0.4, 0.5) is 0 Å². The highest BCUT2D eigenvalue weighted by atomic mass is 16.5. The van der Waals surface area contributed by atoms with Crippen molar-refractivity contribution < 1.29 is 4.74 Å². The van der Waals surface area contributed by atoms with Crippen molar-refractivity contribution in [2.75, 3.05) is 33.9 Å². The number of methoxy groups -OCH3 is 1. The zero-order chi connectivity index (χ0) is 13.3. The van der Waals surface area contributed by atoms with E-state index in [0.29, 0.717) is 12.1 Å². The maximum atomic E-state index is 6.14. The summed E-state index contributed by atoms with van der Waals surface area (Å²) in [6.45, 7) is 7.22. The zero-order valence-electron chi connectivity index (χ0n) is 12.4. The average Bonchev–Trinajstić information content (AvgIpc) is 3.13. The molecular formula is C14H29N3O. The van der Waals surface area contributed by atoms with Gasteiger partial charge in [0.05, 0.1) is 6.61 Å². The molecule has 0 aromatic rings. The van der Waals surface area contributed by atoms with Crippen LogP contribution in [0.1, 0.15) is 33.1 Å². The van der Waals surface area contributed by atoms with Crippen molar-refractivity contribution in [2.45, 2.75) is 56.8 Å². The van der Waals surface area contributed by atoms with Gasteiger partial charge in [-0.2, -0.15) is 0 Å². The summed E-state index contributed by atoms with van der Waals surface area (Å²) in [5.41, 5.74) is 6.28. The highest BCUT2D eigenvalue weighted by Crippen LogP contribution is 2.39. The van der Waals surface area contributed by atoms with Crippen LogP contribution in [0.3, 0.4) is 0 Å². The molecule has 0 amide bonds. The summed E-state index contributed by atoms with van der Waals surface area (Å²) < 4.78 is 5.29. The fourth-order valence-corrected chi connectivity index (χ4v) is 3.49. The first-order valence-electron chi connectivity index (χ1n) is 7.22. The van der Waals surface area contributed by atoms with Gasteiger partial charge in [0.25, 0.3) is 0 Å². The molecular weight excluding hydrogens is 226 g/mol. The van der Waals surface area contributed by atoms with Crippen molar-refractivity contribution in [2.24, 2.45) is 5.73 Å². The van der Waals surface area contributed by atoms with Crippen LogP contribution in [0.5, 0.6) is 0 Å². The quantitative estimate of drug-likeness (QED) is 0.766. The van der Waals surface area contributed by atoms with Crippen LogP contribution in [0, 0.1) is 0 Å². The Morgan fingerprint density at radius 3 is 2.67 bits per heavy atom. The second-order valence-corrected chi connectivity index (χ2v) is 6.30. The summed E-state index contributed by atoms with van der Waals surface area (Å²) in [5.74, 6) is 0. The van der Waals surface area contributed by atoms with Crippen LogP contribution in [-0.4, -0.2) is 67.3 Å². The van der Waals surface area contributed by atoms with Gasteiger partial charge < -0.3 is 10.5 Å². The number of nitrogens with two attached hydrogens (primary N) is 1. The Bertz CT molecular complexity index is 282. The Labute approximate surface area is 111 Å². The Morgan fingerprint density at radius 1 is 1.50 bits per heavy atom. The molecule has 2 aliphatic rings. The number of ether oxygens (including phenoxy) is 1. The second kappa shape index (κ2) is 5.45. The summed E-state index contributed by atoms with van der Waals surface area (Å²) in [4.78, 5) is 5.12. The molecule has 0 bridgehead atoms. The number of likely N-dealkylation sites (N-methyl/N-ethyl adjacent to an activating group) is 1. The maximum Gasteiger partial charge on any atom is 0.0615 e. The van der Waals surface area contributed by atoms with Gasteiger partial charge in [-0.05, 0) is 40.2 Å². The Hall–Kier alpha value is -0.160. The van der Waals surface area contributed by atoms with E-state index < -0.39 is 0 Å². The predicted octanol–water partition coefficient (Wildman–Crippen LogP) is 0.907. The molecule has 4 nitrogen and oxygen atoms in total. The van der Waals surface area contributed by atoms with Gasteiger partial charge >= 0.3 is 0 Å². The Kier molecular flexibility index (Phi) is 4.32. The minimum atomic E-state index is 0.139. The summed E-state index contributed by atoms with van der Waals surface area (Å²) in [6, 6.07) is 1.92. The van der Waals surface area contributed by atoms with Crippen molar-refractivity contribution >= 4 is 0 Å². The summed E-state index contributed by atoms with van der Waals surface area (Å²) in [6.07, 6.45) is 3.94. The molecule has 3 unspecified atom stereocenters. The molecule has 4 heteroatoms. The van der Waals surface area contributed by atoms with E-state index in [4.69, 9.17) is 10.5 Å². The highest BCUT2D eigenvalue weighted by molar-refractivity contribution is 5.07. The van der Waals surface area contributed by atoms with Crippen LogP contribution in [0.15, 0.2) is 0 Å². The molecule has 0 aromatic carbocycles. The normalized spacial score (nSPS) is 35.3. The lowest BCUT2D eigenvalue weighted by Crippen LogP contribution is -2.57. The van der Waals surface area contributed by atoms with E-state index in [0.717, 1.165) is 25.7 Å². The van der Waals surface area contributed by atoms with Gasteiger partial charge in [0, 0.05) is 43.9 Å². The largest absolute Gasteiger partial charge is 0.383 e. The fraction of sp³-hybridized carbons (Fsp3) is 1.00. The number of hydrogen-bond acceptors (Lipinski definition) is 4. The first-order chi connectivity index (χ1) is 8.54. The van der Waals surface area contributed by atoms with Crippen molar-refractivity contribution in [3.8, 4) is 0 Å². The van der Waals surface area contributed by atoms with Crippen LogP contribution < -0.4 is 5.73 Å². The van der Waals surface area contributed by atoms with Crippen molar-refractivity contribution in [1.82, 2.24) is 9.80 Å². The Balaban J connectivity index is 2.06. The molecule has 18 heavy (non-hydrogen) atoms. The van der Waals surface area contributed by atoms with Crippen LogP contribution in [0.25, 0.3) is 0 Å². The third-order valence-corrected chi connectivity index (χ3v) is 4.93. The third-order valence-electron chi connectivity index (χ3n) is 4.93. The lowest BCUT2D eigenvalue weighted by molar-refractivity contribution is 0.0416. The van der Waals surface area contributed by atoms with Crippen LogP contribution in [-0.2, 0) is 4.74 Å². The summed E-state index contributed by atoms with van der Waals surface area (Å²) in [7, 11) is 3.98. The first-order valence-corrected chi connectivity index (χ1v) is 7.22. The molecule has 2 N–H and O–H groups in total. The van der Waals surface area contributed by atoms with Crippen LogP contribution >= 0.6 is 0 Å². The molecule has 0 spiro atoms. The minimum Gasteiger partial charge on any atom is -0.383 e. The molecule has 0 radical (unpaired) electrons. The molecule has 106 valence electrons. The topological polar surface area (TPSA) is 41.7 Å². The van der Waals surface area contributed by atoms with Gasteiger partial charge in [0.1, 0.15) is 0 Å². The summed E-state index contributed by atoms with van der Waals surface area (Å²) >= 11 is 0. The molecule has 1 aliphatic carbocycles. The van der Waals surface area contributed by atoms with Gasteiger partial charge in [-0.15, -0.1) is 0 Å². The SMILES string of the molecule is COCC(C)N(C)C1(CN)CC(C)N(C2CC2)C1. The highest BCUT2D eigenvalue weighted by Gasteiger charge is 2.49. The lowest BCUT2D eigenvalue weighted by Gasteiger charge is -2.41. The third kappa shape index (κ3) is 2.57. The smallest absolute Gasteiger partial charge is 0.0615 e. The van der Waals surface area contributed by atoms with Crippen molar-refractivity contribution in [3.63, 3.8) is 0 Å². The van der Waals surface area contributed by atoms with E-state index in [2.05, 4.69) is 30.7 Å². The average molecular weight is 255 g/mol. The molecule has 2 rings (SSSR count). The van der Waals surface area contributed by atoms with Gasteiger partial charge in [0.15, 0.2) is 0 Å². The van der Waals surface area contributed by atoms with Gasteiger partial charge in [-0.3, -0.25) is 9.80 Å². The monoisotopic (exact) mass is 255 g/mol. The predicted molar refractivity (Wildman–Crippen MR) is 74.7 cm³/mol. The van der Waals surface area contributed by atoms with Gasteiger partial charge in [0.2, 0.25) is 0 Å². The van der Waals surface area contributed by atoms with E-state index in [-0.39, 0.29) is 5.54 Å². The standard InChI is InChI=1S/C14H29N3O/c1-11-7-14(9-15,10-17(11)13-5-6-13)16(3)12(2)8-18-4/h11-13H,5-10,15H2,1-4H3. The molecule has 1 saturated carbocycles. The van der Waals surface area contributed by atoms with E-state index in [1.807, 2.05) is 0 Å². The lowest BCUT2D eigenvalue weighted by atomic mass is 9.93. The van der Waals surface area contributed by atoms with E-state index in [1.54, 1.807) is 7.11 Å². The number of hydrogen-bond donors (Lipinski definition) is 1. The molecule has 1 heterocycles. The fourth-order valence-electron chi connectivity index (χ4n) is 3.49. The molecule has 3 atom stereocenters. The summed E-state index contributed by atoms with van der Waals surface area (Å²) in [5, 5.41) is 0. The van der Waals surface area contributed by atoms with Gasteiger partial charge in [-0.25, -0.2) is 0 Å². The molecule has 2 fully saturated rings. The zero-order valence-corrected chi connectivity index (χ0v) is 12.4. The molecule has 1 saturated heterocycles. The first kappa shape index (κ1) is 14.3.